The number of nitrogen functional groups attached to an aromatic ring is 1. The van der Waals surface area contributed by atoms with Crippen molar-refractivity contribution in [2.75, 3.05) is 17.2 Å². The van der Waals surface area contributed by atoms with E-state index in [-0.39, 0.29) is 12.5 Å². The number of hydrogen-bond acceptors (Lipinski definition) is 4. The van der Waals surface area contributed by atoms with Crippen LogP contribution in [0.5, 0.6) is 5.75 Å². The molecule has 1 aliphatic heterocycles. The third kappa shape index (κ3) is 2.31. The number of nitrogens with zero attached hydrogens (tertiary/aromatic N) is 3. The van der Waals surface area contributed by atoms with Crippen LogP contribution >= 0.6 is 11.6 Å². The lowest BCUT2D eigenvalue weighted by molar-refractivity contribution is -0.121. The summed E-state index contributed by atoms with van der Waals surface area (Å²) in [5.41, 5.74) is 8.66. The molecule has 0 unspecified atom stereocenters. The normalized spacial score (nSPS) is 14.0. The standard InChI is InChI=1S/C14H15ClN4O2/c1-8-10(14(15)18(2)17-8)6-19-11-5-9(16)3-4-12(11)21-7-13(19)20/h3-5H,6-7,16H2,1-2H3. The predicted molar refractivity (Wildman–Crippen MR) is 80.5 cm³/mol. The van der Waals surface area contributed by atoms with Crippen molar-refractivity contribution in [1.82, 2.24) is 9.78 Å². The Hall–Kier alpha value is -2.21. The van der Waals surface area contributed by atoms with E-state index in [0.717, 1.165) is 11.3 Å². The number of fused-ring (bicyclic) bond motifs is 1. The molecular formula is C14H15ClN4O2. The third-order valence-electron chi connectivity index (χ3n) is 3.51. The van der Waals surface area contributed by atoms with Gasteiger partial charge in [-0.1, -0.05) is 11.6 Å². The molecule has 1 aromatic carbocycles. The highest BCUT2D eigenvalue weighted by Crippen LogP contribution is 2.35. The van der Waals surface area contributed by atoms with Crippen LogP contribution in [0.2, 0.25) is 5.15 Å². The summed E-state index contributed by atoms with van der Waals surface area (Å²) in [4.78, 5) is 13.8. The second-order valence-electron chi connectivity index (χ2n) is 4.97. The van der Waals surface area contributed by atoms with Crippen molar-refractivity contribution in [2.45, 2.75) is 13.5 Å². The minimum absolute atomic E-state index is 0.00778. The number of aryl methyl sites for hydroxylation is 2. The molecule has 2 heterocycles. The predicted octanol–water partition coefficient (Wildman–Crippen LogP) is 1.89. The number of halogens is 1. The van der Waals surface area contributed by atoms with E-state index >= 15 is 0 Å². The van der Waals surface area contributed by atoms with Crippen LogP contribution in [-0.2, 0) is 18.4 Å². The average molecular weight is 307 g/mol. The topological polar surface area (TPSA) is 73.4 Å². The quantitative estimate of drug-likeness (QED) is 0.860. The van der Waals surface area contributed by atoms with Crippen LogP contribution in [-0.4, -0.2) is 22.3 Å². The van der Waals surface area contributed by atoms with Crippen LogP contribution < -0.4 is 15.4 Å². The van der Waals surface area contributed by atoms with E-state index in [4.69, 9.17) is 22.1 Å². The molecule has 110 valence electrons. The summed E-state index contributed by atoms with van der Waals surface area (Å²) < 4.78 is 7.02. The molecule has 1 aromatic heterocycles. The molecule has 3 rings (SSSR count). The van der Waals surface area contributed by atoms with Gasteiger partial charge in [0.25, 0.3) is 5.91 Å². The van der Waals surface area contributed by atoms with Gasteiger partial charge >= 0.3 is 0 Å². The Kier molecular flexibility index (Phi) is 3.25. The molecule has 2 aromatic rings. The fraction of sp³-hybridized carbons (Fsp3) is 0.286. The molecule has 6 nitrogen and oxygen atoms in total. The summed E-state index contributed by atoms with van der Waals surface area (Å²) in [6.45, 7) is 2.22. The molecule has 0 spiro atoms. The van der Waals surface area contributed by atoms with Crippen molar-refractivity contribution < 1.29 is 9.53 Å². The Morgan fingerprint density at radius 2 is 2.24 bits per heavy atom. The second-order valence-corrected chi connectivity index (χ2v) is 5.33. The molecule has 0 bridgehead atoms. The number of benzene rings is 1. The summed E-state index contributed by atoms with van der Waals surface area (Å²) in [6.07, 6.45) is 0. The molecule has 1 aliphatic rings. The van der Waals surface area contributed by atoms with Crippen molar-refractivity contribution in [3.05, 3.63) is 34.6 Å². The van der Waals surface area contributed by atoms with Crippen molar-refractivity contribution in [2.24, 2.45) is 7.05 Å². The number of ether oxygens (including phenoxy) is 1. The maximum atomic E-state index is 12.2. The van der Waals surface area contributed by atoms with Crippen LogP contribution in [0.4, 0.5) is 11.4 Å². The molecule has 21 heavy (non-hydrogen) atoms. The molecule has 2 N–H and O–H groups in total. The number of carbonyl (C=O) groups excluding carboxylic acids is 1. The van der Waals surface area contributed by atoms with Gasteiger partial charge in [0.05, 0.1) is 17.9 Å². The van der Waals surface area contributed by atoms with Gasteiger partial charge < -0.3 is 15.4 Å². The van der Waals surface area contributed by atoms with E-state index in [0.29, 0.717) is 28.8 Å². The Morgan fingerprint density at radius 1 is 1.48 bits per heavy atom. The van der Waals surface area contributed by atoms with Gasteiger partial charge in [-0.3, -0.25) is 9.48 Å². The molecule has 0 fully saturated rings. The SMILES string of the molecule is Cc1nn(C)c(Cl)c1CN1C(=O)COc2ccc(N)cc21. The van der Waals surface area contributed by atoms with Crippen molar-refractivity contribution in [1.29, 1.82) is 0 Å². The zero-order chi connectivity index (χ0) is 15.1. The summed E-state index contributed by atoms with van der Waals surface area (Å²) in [7, 11) is 1.77. The van der Waals surface area contributed by atoms with E-state index in [9.17, 15) is 4.79 Å². The number of rotatable bonds is 2. The summed E-state index contributed by atoms with van der Waals surface area (Å²) >= 11 is 6.25. The number of nitrogens with two attached hydrogens (primary N) is 1. The number of anilines is 2. The van der Waals surface area contributed by atoms with Gasteiger partial charge in [0, 0.05) is 18.3 Å². The first-order valence-corrected chi connectivity index (χ1v) is 6.86. The summed E-state index contributed by atoms with van der Waals surface area (Å²) in [5, 5.41) is 4.79. The van der Waals surface area contributed by atoms with E-state index in [1.54, 1.807) is 34.8 Å². The van der Waals surface area contributed by atoms with Crippen LogP contribution in [0.3, 0.4) is 0 Å². The fourth-order valence-corrected chi connectivity index (χ4v) is 2.64. The van der Waals surface area contributed by atoms with E-state index in [2.05, 4.69) is 5.10 Å². The van der Waals surface area contributed by atoms with Gasteiger partial charge in [0.2, 0.25) is 0 Å². The van der Waals surface area contributed by atoms with Gasteiger partial charge in [0.1, 0.15) is 10.9 Å². The minimum atomic E-state index is -0.132. The maximum absolute atomic E-state index is 12.2. The van der Waals surface area contributed by atoms with Gasteiger partial charge in [-0.2, -0.15) is 5.10 Å². The molecule has 0 saturated heterocycles. The first-order valence-electron chi connectivity index (χ1n) is 6.48. The van der Waals surface area contributed by atoms with Crippen molar-refractivity contribution in [3.8, 4) is 5.75 Å². The van der Waals surface area contributed by atoms with Gasteiger partial charge in [0.15, 0.2) is 6.61 Å². The lowest BCUT2D eigenvalue weighted by atomic mass is 10.1. The van der Waals surface area contributed by atoms with Crippen LogP contribution in [0.25, 0.3) is 0 Å². The lowest BCUT2D eigenvalue weighted by Gasteiger charge is -2.29. The number of amides is 1. The number of hydrogen-bond donors (Lipinski definition) is 1. The van der Waals surface area contributed by atoms with E-state index in [1.807, 2.05) is 6.92 Å². The Labute approximate surface area is 127 Å². The first-order chi connectivity index (χ1) is 9.97. The molecule has 0 atom stereocenters. The molecule has 1 amide bonds. The lowest BCUT2D eigenvalue weighted by Crippen LogP contribution is -2.38. The molecule has 0 radical (unpaired) electrons. The zero-order valence-electron chi connectivity index (χ0n) is 11.8. The molecule has 0 saturated carbocycles. The van der Waals surface area contributed by atoms with Crippen molar-refractivity contribution in [3.63, 3.8) is 0 Å². The van der Waals surface area contributed by atoms with Crippen LogP contribution in [0.15, 0.2) is 18.2 Å². The smallest absolute Gasteiger partial charge is 0.265 e. The highest BCUT2D eigenvalue weighted by Gasteiger charge is 2.27. The van der Waals surface area contributed by atoms with Crippen LogP contribution in [0, 0.1) is 6.92 Å². The Morgan fingerprint density at radius 3 is 2.90 bits per heavy atom. The van der Waals surface area contributed by atoms with Crippen LogP contribution in [0.1, 0.15) is 11.3 Å². The first kappa shape index (κ1) is 13.8. The highest BCUT2D eigenvalue weighted by molar-refractivity contribution is 6.30. The minimum Gasteiger partial charge on any atom is -0.482 e. The van der Waals surface area contributed by atoms with Crippen molar-refractivity contribution >= 4 is 28.9 Å². The highest BCUT2D eigenvalue weighted by atomic mass is 35.5. The Balaban J connectivity index is 2.02. The molecular weight excluding hydrogens is 292 g/mol. The number of carbonyl (C=O) groups is 1. The van der Waals surface area contributed by atoms with Gasteiger partial charge in [-0.05, 0) is 25.1 Å². The largest absolute Gasteiger partial charge is 0.482 e. The molecule has 0 aliphatic carbocycles. The summed E-state index contributed by atoms with van der Waals surface area (Å²) in [6, 6.07) is 5.24. The Bertz CT molecular complexity index is 726. The van der Waals surface area contributed by atoms with E-state index < -0.39 is 0 Å². The van der Waals surface area contributed by atoms with Gasteiger partial charge in [-0.25, -0.2) is 0 Å². The maximum Gasteiger partial charge on any atom is 0.265 e. The van der Waals surface area contributed by atoms with Gasteiger partial charge in [-0.15, -0.1) is 0 Å². The zero-order valence-corrected chi connectivity index (χ0v) is 12.5. The average Bonchev–Trinajstić information content (AvgIpc) is 2.68. The number of aromatic nitrogens is 2. The monoisotopic (exact) mass is 306 g/mol. The molecule has 7 heteroatoms. The third-order valence-corrected chi connectivity index (χ3v) is 3.98. The fourth-order valence-electron chi connectivity index (χ4n) is 2.40. The summed E-state index contributed by atoms with van der Waals surface area (Å²) in [5.74, 6) is 0.508. The second kappa shape index (κ2) is 4.96. The van der Waals surface area contributed by atoms with E-state index in [1.165, 1.54) is 0 Å².